The third-order valence-corrected chi connectivity index (χ3v) is 5.87. The normalized spacial score (nSPS) is 17.2. The second kappa shape index (κ2) is 7.95. The molecule has 0 amide bonds. The summed E-state index contributed by atoms with van der Waals surface area (Å²) >= 11 is 0. The highest BCUT2D eigenvalue weighted by molar-refractivity contribution is 5.80. The smallest absolute Gasteiger partial charge is 0.261 e. The maximum Gasteiger partial charge on any atom is 0.261 e. The molecule has 0 fully saturated rings. The van der Waals surface area contributed by atoms with Gasteiger partial charge in [0.15, 0.2) is 0 Å². The van der Waals surface area contributed by atoms with Crippen molar-refractivity contribution < 1.29 is 9.47 Å². The summed E-state index contributed by atoms with van der Waals surface area (Å²) in [6, 6.07) is 11.6. The van der Waals surface area contributed by atoms with Gasteiger partial charge in [-0.1, -0.05) is 24.3 Å². The summed E-state index contributed by atoms with van der Waals surface area (Å²) in [5, 5.41) is 0.972. The molecule has 1 aliphatic rings. The molecule has 1 atom stereocenters. The number of pyridine rings is 2. The summed E-state index contributed by atoms with van der Waals surface area (Å²) < 4.78 is 14.8. The Morgan fingerprint density at radius 2 is 1.97 bits per heavy atom. The highest BCUT2D eigenvalue weighted by atomic mass is 16.5. The topological polar surface area (TPSA) is 62.5 Å². The minimum Gasteiger partial charge on any atom is -0.484 e. The number of nitrogens with zero attached hydrogens (tertiary/aromatic N) is 2. The molecule has 0 aliphatic carbocycles. The minimum atomic E-state index is -0.457. The van der Waals surface area contributed by atoms with Crippen LogP contribution in [0.4, 0.5) is 0 Å². The summed E-state index contributed by atoms with van der Waals surface area (Å²) in [6.07, 6.45) is 1.95. The van der Waals surface area contributed by atoms with Gasteiger partial charge in [0, 0.05) is 38.9 Å². The van der Waals surface area contributed by atoms with Crippen LogP contribution in [0, 0.1) is 6.92 Å². The van der Waals surface area contributed by atoms with E-state index in [0.29, 0.717) is 36.4 Å². The lowest BCUT2D eigenvalue weighted by Gasteiger charge is -2.29. The average molecular weight is 406 g/mol. The first-order chi connectivity index (χ1) is 14.5. The Labute approximate surface area is 175 Å². The number of rotatable bonds is 4. The van der Waals surface area contributed by atoms with E-state index in [0.717, 1.165) is 22.2 Å². The number of benzene rings is 1. The summed E-state index contributed by atoms with van der Waals surface area (Å²) in [7, 11) is 3.38. The SMILES string of the molecule is C/C=C1\CC(c2cc3ccccc3n(CCOC)c2=O)Oc2cc(C)n(C)c(=O)c21. The molecule has 4 rings (SSSR count). The van der Waals surface area contributed by atoms with Crippen molar-refractivity contribution in [2.24, 2.45) is 7.05 Å². The first-order valence-electron chi connectivity index (χ1n) is 10.1. The van der Waals surface area contributed by atoms with E-state index in [9.17, 15) is 9.59 Å². The Balaban J connectivity index is 1.88. The number of fused-ring (bicyclic) bond motifs is 2. The van der Waals surface area contributed by atoms with Crippen molar-refractivity contribution in [3.63, 3.8) is 0 Å². The van der Waals surface area contributed by atoms with Crippen LogP contribution in [0.5, 0.6) is 5.75 Å². The number of methoxy groups -OCH3 is 1. The van der Waals surface area contributed by atoms with E-state index in [2.05, 4.69) is 0 Å². The third-order valence-electron chi connectivity index (χ3n) is 5.87. The van der Waals surface area contributed by atoms with Gasteiger partial charge in [0.25, 0.3) is 11.1 Å². The van der Waals surface area contributed by atoms with E-state index in [1.807, 2.05) is 56.3 Å². The molecular weight excluding hydrogens is 380 g/mol. The van der Waals surface area contributed by atoms with Crippen molar-refractivity contribution in [3.05, 3.63) is 80.0 Å². The van der Waals surface area contributed by atoms with Crippen LogP contribution in [0.3, 0.4) is 0 Å². The molecule has 1 aromatic carbocycles. The molecule has 6 heteroatoms. The molecule has 1 aliphatic heterocycles. The van der Waals surface area contributed by atoms with Gasteiger partial charge >= 0.3 is 0 Å². The maximum atomic E-state index is 13.4. The predicted octanol–water partition coefficient (Wildman–Crippen LogP) is 3.58. The van der Waals surface area contributed by atoms with E-state index in [-0.39, 0.29) is 11.1 Å². The Kier molecular flexibility index (Phi) is 5.35. The number of hydrogen-bond donors (Lipinski definition) is 0. The number of ether oxygens (including phenoxy) is 2. The molecule has 2 aromatic heterocycles. The van der Waals surface area contributed by atoms with Gasteiger partial charge in [0.2, 0.25) is 0 Å². The zero-order valence-corrected chi connectivity index (χ0v) is 17.8. The molecule has 30 heavy (non-hydrogen) atoms. The molecule has 3 heterocycles. The minimum absolute atomic E-state index is 0.0763. The standard InChI is InChI=1S/C24H26N2O4/c1-5-16-14-20(30-21-12-15(2)25(3)24(28)22(16)21)18-13-17-8-6-7-9-19(17)26(23(18)27)10-11-29-4/h5-9,12-13,20H,10-11,14H2,1-4H3/b16-5+. The van der Waals surface area contributed by atoms with Crippen molar-refractivity contribution in [3.8, 4) is 5.75 Å². The summed E-state index contributed by atoms with van der Waals surface area (Å²) in [6.45, 7) is 4.69. The first kappa shape index (κ1) is 20.2. The number of para-hydroxylation sites is 1. The van der Waals surface area contributed by atoms with E-state index in [1.165, 1.54) is 0 Å². The van der Waals surface area contributed by atoms with Crippen LogP contribution in [-0.4, -0.2) is 22.9 Å². The van der Waals surface area contributed by atoms with Gasteiger partial charge in [-0.25, -0.2) is 0 Å². The van der Waals surface area contributed by atoms with Crippen molar-refractivity contribution >= 4 is 16.5 Å². The van der Waals surface area contributed by atoms with E-state index < -0.39 is 6.10 Å². The van der Waals surface area contributed by atoms with Gasteiger partial charge in [-0.15, -0.1) is 0 Å². The lowest BCUT2D eigenvalue weighted by atomic mass is 9.92. The number of allylic oxidation sites excluding steroid dienone is 1. The summed E-state index contributed by atoms with van der Waals surface area (Å²) in [4.78, 5) is 26.2. The van der Waals surface area contributed by atoms with Gasteiger partial charge < -0.3 is 18.6 Å². The quantitative estimate of drug-likeness (QED) is 0.664. The van der Waals surface area contributed by atoms with Gasteiger partial charge in [-0.05, 0) is 36.9 Å². The van der Waals surface area contributed by atoms with E-state index in [4.69, 9.17) is 9.47 Å². The van der Waals surface area contributed by atoms with Gasteiger partial charge in [-0.3, -0.25) is 9.59 Å². The van der Waals surface area contributed by atoms with Crippen LogP contribution in [0.25, 0.3) is 16.5 Å². The van der Waals surface area contributed by atoms with Gasteiger partial charge in [0.1, 0.15) is 11.9 Å². The van der Waals surface area contributed by atoms with Crippen LogP contribution in [0.1, 0.15) is 36.3 Å². The highest BCUT2D eigenvalue weighted by Gasteiger charge is 2.30. The number of aryl methyl sites for hydroxylation is 1. The predicted molar refractivity (Wildman–Crippen MR) is 118 cm³/mol. The largest absolute Gasteiger partial charge is 0.484 e. The fourth-order valence-corrected chi connectivity index (χ4v) is 4.10. The summed E-state index contributed by atoms with van der Waals surface area (Å²) in [5.41, 5.74) is 3.59. The highest BCUT2D eigenvalue weighted by Crippen LogP contribution is 2.39. The zero-order valence-electron chi connectivity index (χ0n) is 17.8. The van der Waals surface area contributed by atoms with Crippen LogP contribution < -0.4 is 15.9 Å². The van der Waals surface area contributed by atoms with Crippen molar-refractivity contribution in [1.82, 2.24) is 9.13 Å². The Hall–Kier alpha value is -3.12. The van der Waals surface area contributed by atoms with Gasteiger partial charge in [0.05, 0.1) is 23.3 Å². The molecule has 0 spiro atoms. The molecular formula is C24H26N2O4. The van der Waals surface area contributed by atoms with E-state index >= 15 is 0 Å². The maximum absolute atomic E-state index is 13.4. The van der Waals surface area contributed by atoms with Crippen LogP contribution in [0.15, 0.2) is 52.1 Å². The van der Waals surface area contributed by atoms with Crippen molar-refractivity contribution in [2.75, 3.05) is 13.7 Å². The zero-order chi connectivity index (χ0) is 21.4. The molecule has 0 saturated carbocycles. The average Bonchev–Trinajstić information content (AvgIpc) is 2.75. The number of aromatic nitrogens is 2. The van der Waals surface area contributed by atoms with Crippen LogP contribution >= 0.6 is 0 Å². The fourth-order valence-electron chi connectivity index (χ4n) is 4.10. The third kappa shape index (κ3) is 3.27. The molecule has 1 unspecified atom stereocenters. The number of hydrogen-bond acceptors (Lipinski definition) is 4. The van der Waals surface area contributed by atoms with Crippen LogP contribution in [-0.2, 0) is 18.3 Å². The monoisotopic (exact) mass is 406 g/mol. The fraction of sp³-hybridized carbons (Fsp3) is 0.333. The Morgan fingerprint density at radius 1 is 1.20 bits per heavy atom. The lowest BCUT2D eigenvalue weighted by Crippen LogP contribution is -2.32. The van der Waals surface area contributed by atoms with Crippen molar-refractivity contribution in [1.29, 1.82) is 0 Å². The van der Waals surface area contributed by atoms with Crippen molar-refractivity contribution in [2.45, 2.75) is 32.9 Å². The molecule has 3 aromatic rings. The molecule has 0 saturated heterocycles. The Bertz CT molecular complexity index is 1270. The molecule has 0 N–H and O–H groups in total. The molecule has 0 bridgehead atoms. The first-order valence-corrected chi connectivity index (χ1v) is 10.1. The molecule has 6 nitrogen and oxygen atoms in total. The Morgan fingerprint density at radius 3 is 2.70 bits per heavy atom. The molecule has 156 valence electrons. The second-order valence-electron chi connectivity index (χ2n) is 7.62. The van der Waals surface area contributed by atoms with E-state index in [1.54, 1.807) is 23.3 Å². The summed E-state index contributed by atoms with van der Waals surface area (Å²) in [5.74, 6) is 0.538. The van der Waals surface area contributed by atoms with Crippen LogP contribution in [0.2, 0.25) is 0 Å². The second-order valence-corrected chi connectivity index (χ2v) is 7.62. The lowest BCUT2D eigenvalue weighted by molar-refractivity contribution is 0.184. The van der Waals surface area contributed by atoms with Gasteiger partial charge in [-0.2, -0.15) is 0 Å². The molecule has 0 radical (unpaired) electrons.